The van der Waals surface area contributed by atoms with E-state index in [4.69, 9.17) is 16.3 Å². The predicted molar refractivity (Wildman–Crippen MR) is 98.6 cm³/mol. The number of para-hydroxylation sites is 1. The number of carboxylic acids is 1. The van der Waals surface area contributed by atoms with Crippen molar-refractivity contribution in [2.24, 2.45) is 11.8 Å². The van der Waals surface area contributed by atoms with Gasteiger partial charge in [0.1, 0.15) is 12.4 Å². The number of halogens is 1. The minimum atomic E-state index is -0.867. The first-order valence-electron chi connectivity index (χ1n) is 9.12. The Bertz CT molecular complexity index is 726. The highest BCUT2D eigenvalue weighted by molar-refractivity contribution is 6.32. The highest BCUT2D eigenvalue weighted by Crippen LogP contribution is 2.25. The zero-order valence-corrected chi connectivity index (χ0v) is 15.7. The minimum absolute atomic E-state index is 0.0806. The summed E-state index contributed by atoms with van der Waals surface area (Å²) in [5, 5.41) is 9.68. The molecule has 0 bridgehead atoms. The molecule has 0 saturated carbocycles. The highest BCUT2D eigenvalue weighted by atomic mass is 35.5. The van der Waals surface area contributed by atoms with Gasteiger partial charge in [-0.15, -0.1) is 0 Å². The fraction of sp³-hybridized carbons (Fsp3) is 0.526. The maximum Gasteiger partial charge on any atom is 0.308 e. The smallest absolute Gasteiger partial charge is 0.308 e. The molecule has 2 fully saturated rings. The Morgan fingerprint density at radius 1 is 1.22 bits per heavy atom. The molecule has 0 spiro atoms. The average molecular weight is 395 g/mol. The summed E-state index contributed by atoms with van der Waals surface area (Å²) in [6.07, 6.45) is 1.44. The summed E-state index contributed by atoms with van der Waals surface area (Å²) in [6.45, 7) is 1.81. The quantitative estimate of drug-likeness (QED) is 0.796. The van der Waals surface area contributed by atoms with Crippen LogP contribution in [0.5, 0.6) is 5.75 Å². The molecule has 8 heteroatoms. The molecule has 146 valence electrons. The van der Waals surface area contributed by atoms with Crippen molar-refractivity contribution in [3.63, 3.8) is 0 Å². The molecule has 7 nitrogen and oxygen atoms in total. The lowest BCUT2D eigenvalue weighted by Crippen LogP contribution is -2.45. The van der Waals surface area contributed by atoms with Crippen LogP contribution in [-0.2, 0) is 14.4 Å². The Morgan fingerprint density at radius 3 is 2.74 bits per heavy atom. The second-order valence-electron chi connectivity index (χ2n) is 6.98. The van der Waals surface area contributed by atoms with E-state index in [9.17, 15) is 19.5 Å². The molecule has 3 rings (SSSR count). The van der Waals surface area contributed by atoms with Gasteiger partial charge in [-0.3, -0.25) is 14.4 Å². The summed E-state index contributed by atoms with van der Waals surface area (Å²) in [5.41, 5.74) is 0. The highest BCUT2D eigenvalue weighted by Gasteiger charge is 2.38. The average Bonchev–Trinajstić information content (AvgIpc) is 3.03. The summed E-state index contributed by atoms with van der Waals surface area (Å²) in [6, 6.07) is 7.12. The van der Waals surface area contributed by atoms with Crippen LogP contribution in [0, 0.1) is 11.8 Å². The molecule has 0 radical (unpaired) electrons. The lowest BCUT2D eigenvalue weighted by atomic mass is 9.96. The molecule has 2 amide bonds. The summed E-state index contributed by atoms with van der Waals surface area (Å²) < 4.78 is 5.61. The molecule has 2 atom stereocenters. The third-order valence-corrected chi connectivity index (χ3v) is 5.41. The van der Waals surface area contributed by atoms with Crippen molar-refractivity contribution in [1.82, 2.24) is 9.80 Å². The number of carboxylic acid groups (broad SMARTS) is 1. The number of hydrogen-bond acceptors (Lipinski definition) is 4. The molecule has 1 N–H and O–H groups in total. The van der Waals surface area contributed by atoms with E-state index < -0.39 is 17.8 Å². The largest absolute Gasteiger partial charge is 0.490 e. The Kier molecular flexibility index (Phi) is 6.21. The van der Waals surface area contributed by atoms with Crippen LogP contribution in [0.1, 0.15) is 19.3 Å². The van der Waals surface area contributed by atoms with Gasteiger partial charge in [0.15, 0.2) is 0 Å². The normalized spacial score (nSPS) is 22.8. The van der Waals surface area contributed by atoms with Crippen LogP contribution in [0.3, 0.4) is 0 Å². The number of likely N-dealkylation sites (tertiary alicyclic amines) is 2. The number of amides is 2. The standard InChI is InChI=1S/C19H23ClN2O5/c20-15-5-1-2-6-16(15)27-9-8-21-12-14(10-17(21)23)18(24)22-7-3-4-13(11-22)19(25)26/h1-2,5-6,13-14H,3-4,7-12H2,(H,25,26). The molecule has 0 aromatic heterocycles. The van der Waals surface area contributed by atoms with Gasteiger partial charge in [-0.05, 0) is 25.0 Å². The summed E-state index contributed by atoms with van der Waals surface area (Å²) in [5.74, 6) is -1.43. The van der Waals surface area contributed by atoms with Crippen molar-refractivity contribution in [3.8, 4) is 5.75 Å². The third kappa shape index (κ3) is 4.71. The van der Waals surface area contributed by atoms with Gasteiger partial charge < -0.3 is 19.6 Å². The zero-order chi connectivity index (χ0) is 19.4. The molecule has 2 heterocycles. The Hall–Kier alpha value is -2.28. The summed E-state index contributed by atoms with van der Waals surface area (Å²) in [4.78, 5) is 39.3. The third-order valence-electron chi connectivity index (χ3n) is 5.10. The molecule has 1 aromatic rings. The zero-order valence-electron chi connectivity index (χ0n) is 15.0. The lowest BCUT2D eigenvalue weighted by molar-refractivity contribution is -0.146. The summed E-state index contributed by atoms with van der Waals surface area (Å²) in [7, 11) is 0. The van der Waals surface area contributed by atoms with Crippen LogP contribution in [0.4, 0.5) is 0 Å². The van der Waals surface area contributed by atoms with Crippen molar-refractivity contribution < 1.29 is 24.2 Å². The molecule has 1 aromatic carbocycles. The fourth-order valence-electron chi connectivity index (χ4n) is 3.62. The van der Waals surface area contributed by atoms with Gasteiger partial charge >= 0.3 is 5.97 Å². The van der Waals surface area contributed by atoms with E-state index in [0.717, 1.165) is 0 Å². The maximum absolute atomic E-state index is 12.7. The van der Waals surface area contributed by atoms with Crippen LogP contribution < -0.4 is 4.74 Å². The number of benzene rings is 1. The van der Waals surface area contributed by atoms with E-state index in [1.54, 1.807) is 21.9 Å². The van der Waals surface area contributed by atoms with Gasteiger partial charge in [0.25, 0.3) is 0 Å². The second kappa shape index (κ2) is 8.61. The SMILES string of the molecule is O=C(O)C1CCCN(C(=O)C2CC(=O)N(CCOc3ccccc3Cl)C2)C1. The van der Waals surface area contributed by atoms with Crippen molar-refractivity contribution >= 4 is 29.4 Å². The number of carbonyl (C=O) groups excluding carboxylic acids is 2. The van der Waals surface area contributed by atoms with Crippen LogP contribution in [-0.4, -0.2) is 65.5 Å². The first kappa shape index (κ1) is 19.5. The molecular weight excluding hydrogens is 372 g/mol. The van der Waals surface area contributed by atoms with Crippen molar-refractivity contribution in [2.45, 2.75) is 19.3 Å². The topological polar surface area (TPSA) is 87.2 Å². The number of ether oxygens (including phenoxy) is 1. The van der Waals surface area contributed by atoms with Gasteiger partial charge in [0.2, 0.25) is 11.8 Å². The van der Waals surface area contributed by atoms with E-state index >= 15 is 0 Å². The molecule has 2 aliphatic heterocycles. The molecule has 0 aliphatic carbocycles. The van der Waals surface area contributed by atoms with Gasteiger partial charge in [-0.2, -0.15) is 0 Å². The van der Waals surface area contributed by atoms with Crippen molar-refractivity contribution in [3.05, 3.63) is 29.3 Å². The molecule has 2 unspecified atom stereocenters. The monoisotopic (exact) mass is 394 g/mol. The van der Waals surface area contributed by atoms with E-state index in [2.05, 4.69) is 0 Å². The van der Waals surface area contributed by atoms with Crippen LogP contribution in [0.2, 0.25) is 5.02 Å². The number of carbonyl (C=O) groups is 3. The summed E-state index contributed by atoms with van der Waals surface area (Å²) >= 11 is 6.04. The Morgan fingerprint density at radius 2 is 2.00 bits per heavy atom. The van der Waals surface area contributed by atoms with Gasteiger partial charge in [0, 0.05) is 26.1 Å². The van der Waals surface area contributed by atoms with Gasteiger partial charge in [0.05, 0.1) is 23.4 Å². The van der Waals surface area contributed by atoms with Gasteiger partial charge in [-0.1, -0.05) is 23.7 Å². The Labute approximate surface area is 162 Å². The van der Waals surface area contributed by atoms with E-state index in [0.29, 0.717) is 49.9 Å². The Balaban J connectivity index is 1.50. The first-order chi connectivity index (χ1) is 13.0. The molecule has 27 heavy (non-hydrogen) atoms. The lowest BCUT2D eigenvalue weighted by Gasteiger charge is -2.32. The van der Waals surface area contributed by atoms with Crippen molar-refractivity contribution in [1.29, 1.82) is 0 Å². The van der Waals surface area contributed by atoms with Crippen molar-refractivity contribution in [2.75, 3.05) is 32.8 Å². The number of nitrogens with zero attached hydrogens (tertiary/aromatic N) is 2. The van der Waals surface area contributed by atoms with Crippen LogP contribution in [0.15, 0.2) is 24.3 Å². The molecular formula is C19H23ClN2O5. The van der Waals surface area contributed by atoms with E-state index in [1.165, 1.54) is 0 Å². The molecule has 2 saturated heterocycles. The number of aliphatic carboxylic acids is 1. The first-order valence-corrected chi connectivity index (χ1v) is 9.50. The van der Waals surface area contributed by atoms with Crippen LogP contribution in [0.25, 0.3) is 0 Å². The molecule has 2 aliphatic rings. The number of piperidine rings is 1. The maximum atomic E-state index is 12.7. The number of hydrogen-bond donors (Lipinski definition) is 1. The fourth-order valence-corrected chi connectivity index (χ4v) is 3.81. The number of rotatable bonds is 6. The van der Waals surface area contributed by atoms with Gasteiger partial charge in [-0.25, -0.2) is 0 Å². The minimum Gasteiger partial charge on any atom is -0.490 e. The van der Waals surface area contributed by atoms with E-state index in [-0.39, 0.29) is 24.8 Å². The van der Waals surface area contributed by atoms with Crippen LogP contribution >= 0.6 is 11.6 Å². The van der Waals surface area contributed by atoms with E-state index in [1.807, 2.05) is 12.1 Å². The second-order valence-corrected chi connectivity index (χ2v) is 7.39. The predicted octanol–water partition coefficient (Wildman–Crippen LogP) is 1.89.